The maximum absolute atomic E-state index is 11.2. The average Bonchev–Trinajstić information content (AvgIpc) is 2.22. The van der Waals surface area contributed by atoms with E-state index in [-0.39, 0.29) is 31.0 Å². The van der Waals surface area contributed by atoms with E-state index >= 15 is 0 Å². The topological polar surface area (TPSA) is 101 Å². The molecule has 2 atom stereocenters. The van der Waals surface area contributed by atoms with Crippen LogP contribution in [0.4, 0.5) is 0 Å². The Bertz CT molecular complexity index is 250. The first-order chi connectivity index (χ1) is 7.49. The minimum Gasteiger partial charge on any atom is -0.394 e. The van der Waals surface area contributed by atoms with Gasteiger partial charge in [0.1, 0.15) is 30.1 Å². The molecule has 0 aromatic heterocycles. The quantitative estimate of drug-likeness (QED) is 0.385. The van der Waals surface area contributed by atoms with Crippen LogP contribution < -0.4 is 0 Å². The third kappa shape index (κ3) is 7.22. The molecule has 0 amide bonds. The fraction of sp³-hybridized carbons (Fsp3) is 0.700. The third-order valence-corrected chi connectivity index (χ3v) is 1.74. The fourth-order valence-electron chi connectivity index (χ4n) is 1.01. The molecule has 0 aliphatic carbocycles. The van der Waals surface area contributed by atoms with Crippen molar-refractivity contribution in [2.45, 2.75) is 32.0 Å². The number of aliphatic hydroxyl groups is 2. The Labute approximate surface area is 93.2 Å². The van der Waals surface area contributed by atoms with Gasteiger partial charge in [0.2, 0.25) is 0 Å². The predicted molar refractivity (Wildman–Crippen MR) is 53.8 cm³/mol. The van der Waals surface area contributed by atoms with Crippen molar-refractivity contribution in [1.29, 1.82) is 0 Å². The first-order valence-corrected chi connectivity index (χ1v) is 4.86. The molecule has 0 aliphatic heterocycles. The molecular formula is C10H16O6. The lowest BCUT2D eigenvalue weighted by Crippen LogP contribution is -2.27. The Kier molecular flexibility index (Phi) is 7.53. The fourth-order valence-corrected chi connectivity index (χ4v) is 1.01. The van der Waals surface area contributed by atoms with Gasteiger partial charge in [0.05, 0.1) is 19.6 Å². The minimum absolute atomic E-state index is 0.193. The van der Waals surface area contributed by atoms with Crippen molar-refractivity contribution in [1.82, 2.24) is 0 Å². The molecule has 0 rings (SSSR count). The van der Waals surface area contributed by atoms with Crippen molar-refractivity contribution in [2.75, 3.05) is 13.2 Å². The molecule has 0 radical (unpaired) electrons. The lowest BCUT2D eigenvalue weighted by molar-refractivity contribution is -0.132. The monoisotopic (exact) mass is 232 g/mol. The molecule has 0 aromatic rings. The molecule has 0 heterocycles. The lowest BCUT2D eigenvalue weighted by atomic mass is 10.1. The Morgan fingerprint density at radius 3 is 2.50 bits per heavy atom. The number of Topliss-reactive ketones (excluding diaryl/α,β-unsaturated/α-hetero) is 2. The number of carbonyl (C=O) groups is 3. The van der Waals surface area contributed by atoms with Crippen LogP contribution in [-0.4, -0.2) is 53.5 Å². The molecule has 2 unspecified atom stereocenters. The summed E-state index contributed by atoms with van der Waals surface area (Å²) in [7, 11) is 0. The van der Waals surface area contributed by atoms with Crippen LogP contribution in [0.25, 0.3) is 0 Å². The summed E-state index contributed by atoms with van der Waals surface area (Å²) in [6, 6.07) is 0. The van der Waals surface area contributed by atoms with E-state index in [2.05, 4.69) is 0 Å². The van der Waals surface area contributed by atoms with Crippen molar-refractivity contribution in [3.8, 4) is 0 Å². The standard InChI is InChI=1S/C10H16O6/c1-7(13)2-8(14)3-10(5-12)16-6-9(15)4-11/h5,9-11,15H,2-4,6H2,1H3. The molecule has 0 saturated heterocycles. The van der Waals surface area contributed by atoms with E-state index < -0.39 is 18.8 Å². The van der Waals surface area contributed by atoms with Gasteiger partial charge in [-0.25, -0.2) is 0 Å². The Balaban J connectivity index is 3.95. The molecule has 0 fully saturated rings. The van der Waals surface area contributed by atoms with Gasteiger partial charge in [0.25, 0.3) is 0 Å². The van der Waals surface area contributed by atoms with E-state index in [0.29, 0.717) is 6.29 Å². The molecule has 0 spiro atoms. The van der Waals surface area contributed by atoms with Gasteiger partial charge < -0.3 is 19.7 Å². The number of ether oxygens (including phenoxy) is 1. The van der Waals surface area contributed by atoms with Crippen LogP contribution in [0.5, 0.6) is 0 Å². The third-order valence-electron chi connectivity index (χ3n) is 1.74. The summed E-state index contributed by atoms with van der Waals surface area (Å²) < 4.78 is 4.89. The van der Waals surface area contributed by atoms with Gasteiger partial charge in [0.15, 0.2) is 0 Å². The second kappa shape index (κ2) is 8.09. The highest BCUT2D eigenvalue weighted by Crippen LogP contribution is 2.01. The van der Waals surface area contributed by atoms with E-state index in [1.807, 2.05) is 0 Å². The van der Waals surface area contributed by atoms with Gasteiger partial charge >= 0.3 is 0 Å². The number of aliphatic hydroxyl groups excluding tert-OH is 2. The number of ketones is 2. The van der Waals surface area contributed by atoms with Crippen LogP contribution in [0, 0.1) is 0 Å². The van der Waals surface area contributed by atoms with Crippen LogP contribution in [0.15, 0.2) is 0 Å². The molecular weight excluding hydrogens is 216 g/mol. The highest BCUT2D eigenvalue weighted by atomic mass is 16.5. The van der Waals surface area contributed by atoms with Gasteiger partial charge in [-0.05, 0) is 6.92 Å². The number of rotatable bonds is 9. The number of aldehydes is 1. The molecule has 6 heteroatoms. The smallest absolute Gasteiger partial charge is 0.149 e. The Hall–Kier alpha value is -1.11. The van der Waals surface area contributed by atoms with Crippen molar-refractivity contribution >= 4 is 17.9 Å². The first kappa shape index (κ1) is 14.9. The van der Waals surface area contributed by atoms with Gasteiger partial charge in [-0.1, -0.05) is 0 Å². The van der Waals surface area contributed by atoms with Crippen molar-refractivity contribution in [3.63, 3.8) is 0 Å². The lowest BCUT2D eigenvalue weighted by Gasteiger charge is -2.13. The summed E-state index contributed by atoms with van der Waals surface area (Å²) in [5.74, 6) is -0.659. The molecule has 0 aromatic carbocycles. The van der Waals surface area contributed by atoms with Gasteiger partial charge in [-0.3, -0.25) is 9.59 Å². The van der Waals surface area contributed by atoms with Crippen LogP contribution in [-0.2, 0) is 19.1 Å². The summed E-state index contributed by atoms with van der Waals surface area (Å²) >= 11 is 0. The number of carbonyl (C=O) groups excluding carboxylic acids is 3. The molecule has 2 N–H and O–H groups in total. The van der Waals surface area contributed by atoms with Crippen molar-refractivity contribution < 1.29 is 29.3 Å². The zero-order valence-electron chi connectivity index (χ0n) is 9.09. The van der Waals surface area contributed by atoms with E-state index in [1.165, 1.54) is 6.92 Å². The van der Waals surface area contributed by atoms with Gasteiger partial charge in [-0.15, -0.1) is 0 Å². The minimum atomic E-state index is -1.08. The molecule has 0 aliphatic rings. The summed E-state index contributed by atoms with van der Waals surface area (Å²) in [6.07, 6.45) is -2.04. The number of hydrogen-bond acceptors (Lipinski definition) is 6. The second-order valence-corrected chi connectivity index (χ2v) is 3.47. The largest absolute Gasteiger partial charge is 0.394 e. The van der Waals surface area contributed by atoms with E-state index in [1.54, 1.807) is 0 Å². The van der Waals surface area contributed by atoms with Gasteiger partial charge in [0, 0.05) is 6.42 Å². The maximum atomic E-state index is 11.2. The Morgan fingerprint density at radius 1 is 1.44 bits per heavy atom. The first-order valence-electron chi connectivity index (χ1n) is 4.86. The summed E-state index contributed by atoms with van der Waals surface area (Å²) in [6.45, 7) is 0.574. The molecule has 6 nitrogen and oxygen atoms in total. The molecule has 16 heavy (non-hydrogen) atoms. The SMILES string of the molecule is CC(=O)CC(=O)CC(C=O)OCC(O)CO. The molecule has 92 valence electrons. The average molecular weight is 232 g/mol. The molecule has 0 bridgehead atoms. The van der Waals surface area contributed by atoms with Crippen LogP contribution in [0.1, 0.15) is 19.8 Å². The summed E-state index contributed by atoms with van der Waals surface area (Å²) in [5, 5.41) is 17.4. The van der Waals surface area contributed by atoms with Crippen LogP contribution >= 0.6 is 0 Å². The van der Waals surface area contributed by atoms with E-state index in [4.69, 9.17) is 14.9 Å². The Morgan fingerprint density at radius 2 is 2.06 bits per heavy atom. The zero-order valence-corrected chi connectivity index (χ0v) is 9.09. The van der Waals surface area contributed by atoms with E-state index in [9.17, 15) is 14.4 Å². The molecule has 0 saturated carbocycles. The summed E-state index contributed by atoms with van der Waals surface area (Å²) in [4.78, 5) is 32.3. The number of hydrogen-bond donors (Lipinski definition) is 2. The zero-order chi connectivity index (χ0) is 12.6. The predicted octanol–water partition coefficient (Wildman–Crippen LogP) is -1.14. The highest BCUT2D eigenvalue weighted by molar-refractivity contribution is 5.98. The van der Waals surface area contributed by atoms with Crippen molar-refractivity contribution in [3.05, 3.63) is 0 Å². The second-order valence-electron chi connectivity index (χ2n) is 3.47. The summed E-state index contributed by atoms with van der Waals surface area (Å²) in [5.41, 5.74) is 0. The van der Waals surface area contributed by atoms with Gasteiger partial charge in [-0.2, -0.15) is 0 Å². The van der Waals surface area contributed by atoms with E-state index in [0.717, 1.165) is 0 Å². The van der Waals surface area contributed by atoms with Crippen LogP contribution in [0.2, 0.25) is 0 Å². The highest BCUT2D eigenvalue weighted by Gasteiger charge is 2.16. The van der Waals surface area contributed by atoms with Crippen LogP contribution in [0.3, 0.4) is 0 Å². The maximum Gasteiger partial charge on any atom is 0.149 e. The normalized spacial score (nSPS) is 14.2. The van der Waals surface area contributed by atoms with Crippen molar-refractivity contribution in [2.24, 2.45) is 0 Å².